The highest BCUT2D eigenvalue weighted by atomic mass is 32.2. The quantitative estimate of drug-likeness (QED) is 0.651. The maximum Gasteiger partial charge on any atom is 0.264 e. The van der Waals surface area contributed by atoms with Crippen LogP contribution < -0.4 is 10.9 Å². The monoisotopic (exact) mass is 387 g/mol. The molecule has 2 aromatic carbocycles. The Balaban J connectivity index is 1.89. The van der Waals surface area contributed by atoms with Crippen molar-refractivity contribution in [2.75, 3.05) is 19.5 Å². The molecule has 0 bridgehead atoms. The number of sulfonamides is 1. The molecule has 0 aliphatic heterocycles. The number of fused-ring (bicyclic) bond motifs is 1. The summed E-state index contributed by atoms with van der Waals surface area (Å²) in [6, 6.07) is 13.8. The van der Waals surface area contributed by atoms with Crippen LogP contribution in [0, 0.1) is 0 Å². The zero-order valence-corrected chi connectivity index (χ0v) is 15.4. The molecule has 9 heteroatoms. The second kappa shape index (κ2) is 7.31. The SMILES string of the molecule is CON(C)S(=O)(=O)c1ccc(NC(=O)c2cc(=O)[nH]c3ccccc23)cc1. The number of rotatable bonds is 5. The summed E-state index contributed by atoms with van der Waals surface area (Å²) in [7, 11) is -1.24. The van der Waals surface area contributed by atoms with E-state index < -0.39 is 15.9 Å². The highest BCUT2D eigenvalue weighted by Crippen LogP contribution is 2.20. The number of anilines is 1. The third-order valence-corrected chi connectivity index (χ3v) is 5.69. The Morgan fingerprint density at radius 3 is 2.44 bits per heavy atom. The van der Waals surface area contributed by atoms with Crippen LogP contribution in [0.2, 0.25) is 0 Å². The van der Waals surface area contributed by atoms with Gasteiger partial charge in [-0.25, -0.2) is 8.42 Å². The normalized spacial score (nSPS) is 11.7. The molecule has 0 spiro atoms. The molecule has 0 saturated heterocycles. The topological polar surface area (TPSA) is 109 Å². The third kappa shape index (κ3) is 3.75. The highest BCUT2D eigenvalue weighted by molar-refractivity contribution is 7.89. The van der Waals surface area contributed by atoms with E-state index in [1.807, 2.05) is 0 Å². The zero-order valence-electron chi connectivity index (χ0n) is 14.6. The van der Waals surface area contributed by atoms with Gasteiger partial charge in [-0.1, -0.05) is 22.7 Å². The maximum atomic E-state index is 12.6. The molecule has 27 heavy (non-hydrogen) atoms. The molecule has 140 valence electrons. The molecule has 2 N–H and O–H groups in total. The summed E-state index contributed by atoms with van der Waals surface area (Å²) in [6.45, 7) is 0. The molecule has 0 fully saturated rings. The molecule has 3 aromatic rings. The molecule has 0 radical (unpaired) electrons. The Bertz CT molecular complexity index is 1150. The van der Waals surface area contributed by atoms with E-state index in [1.54, 1.807) is 24.3 Å². The van der Waals surface area contributed by atoms with Crippen molar-refractivity contribution in [2.24, 2.45) is 0 Å². The summed E-state index contributed by atoms with van der Waals surface area (Å²) in [5, 5.41) is 3.28. The number of nitrogens with one attached hydrogen (secondary N) is 2. The Labute approximate surface area is 155 Å². The standard InChI is InChI=1S/C18H17N3O5S/c1-21(26-2)27(24,25)13-9-7-12(8-10-13)19-18(23)15-11-17(22)20-16-6-4-3-5-14(15)16/h3-11H,1-2H3,(H,19,23)(H,20,22). The van der Waals surface area contributed by atoms with Gasteiger partial charge in [0.2, 0.25) is 5.56 Å². The number of hydroxylamine groups is 1. The molecule has 0 unspecified atom stereocenters. The van der Waals surface area contributed by atoms with Gasteiger partial charge in [0.05, 0.1) is 17.6 Å². The van der Waals surface area contributed by atoms with Crippen molar-refractivity contribution >= 4 is 32.5 Å². The highest BCUT2D eigenvalue weighted by Gasteiger charge is 2.20. The first-order chi connectivity index (χ1) is 12.8. The Morgan fingerprint density at radius 1 is 1.11 bits per heavy atom. The average molecular weight is 387 g/mol. The van der Waals surface area contributed by atoms with Crippen LogP contribution in [0.3, 0.4) is 0 Å². The van der Waals surface area contributed by atoms with Gasteiger partial charge < -0.3 is 10.3 Å². The number of H-pyrrole nitrogens is 1. The number of pyridine rings is 1. The molecule has 1 heterocycles. The van der Waals surface area contributed by atoms with Gasteiger partial charge in [0.1, 0.15) is 0 Å². The van der Waals surface area contributed by atoms with Gasteiger partial charge in [-0.2, -0.15) is 0 Å². The number of carbonyl (C=O) groups is 1. The minimum absolute atomic E-state index is 0.0199. The lowest BCUT2D eigenvalue weighted by atomic mass is 10.1. The van der Waals surface area contributed by atoms with Crippen LogP contribution in [0.4, 0.5) is 5.69 Å². The fourth-order valence-corrected chi connectivity index (χ4v) is 3.52. The predicted molar refractivity (Wildman–Crippen MR) is 101 cm³/mol. The summed E-state index contributed by atoms with van der Waals surface area (Å²) in [6.07, 6.45) is 0. The fraction of sp³-hybridized carbons (Fsp3) is 0.111. The van der Waals surface area contributed by atoms with Gasteiger partial charge in [-0.15, -0.1) is 0 Å². The van der Waals surface area contributed by atoms with E-state index in [1.165, 1.54) is 44.5 Å². The van der Waals surface area contributed by atoms with Crippen LogP contribution in [-0.2, 0) is 14.9 Å². The number of para-hydroxylation sites is 1. The summed E-state index contributed by atoms with van der Waals surface area (Å²) < 4.78 is 25.1. The van der Waals surface area contributed by atoms with E-state index in [0.29, 0.717) is 16.6 Å². The molecule has 1 amide bonds. The lowest BCUT2D eigenvalue weighted by Gasteiger charge is -2.14. The number of carbonyl (C=O) groups excluding carboxylic acids is 1. The van der Waals surface area contributed by atoms with Crippen LogP contribution >= 0.6 is 0 Å². The summed E-state index contributed by atoms with van der Waals surface area (Å²) >= 11 is 0. The number of aromatic amines is 1. The minimum Gasteiger partial charge on any atom is -0.322 e. The molecule has 3 rings (SSSR count). The third-order valence-electron chi connectivity index (χ3n) is 4.00. The van der Waals surface area contributed by atoms with Crippen LogP contribution in [0.15, 0.2) is 64.3 Å². The van der Waals surface area contributed by atoms with Crippen LogP contribution in [0.5, 0.6) is 0 Å². The molecular weight excluding hydrogens is 370 g/mol. The van der Waals surface area contributed by atoms with Crippen LogP contribution in [-0.4, -0.2) is 37.9 Å². The molecule has 0 aliphatic carbocycles. The lowest BCUT2D eigenvalue weighted by Crippen LogP contribution is -2.25. The van der Waals surface area contributed by atoms with Gasteiger partial charge >= 0.3 is 0 Å². The summed E-state index contributed by atoms with van der Waals surface area (Å²) in [4.78, 5) is 31.8. The summed E-state index contributed by atoms with van der Waals surface area (Å²) in [5.74, 6) is -0.470. The molecular formula is C18H17N3O5S. The van der Waals surface area contributed by atoms with Crippen molar-refractivity contribution in [2.45, 2.75) is 4.90 Å². The fourth-order valence-electron chi connectivity index (χ4n) is 2.55. The first kappa shape index (κ1) is 18.8. The van der Waals surface area contributed by atoms with Crippen molar-refractivity contribution in [1.29, 1.82) is 0 Å². The molecule has 0 atom stereocenters. The van der Waals surface area contributed by atoms with Gasteiger partial charge in [-0.05, 0) is 30.3 Å². The molecule has 0 aliphatic rings. The van der Waals surface area contributed by atoms with E-state index in [-0.39, 0.29) is 16.0 Å². The number of hydrogen-bond donors (Lipinski definition) is 2. The second-order valence-corrected chi connectivity index (χ2v) is 7.60. The average Bonchev–Trinajstić information content (AvgIpc) is 2.66. The van der Waals surface area contributed by atoms with E-state index in [0.717, 1.165) is 4.47 Å². The van der Waals surface area contributed by atoms with E-state index in [2.05, 4.69) is 10.3 Å². The van der Waals surface area contributed by atoms with E-state index >= 15 is 0 Å². The second-order valence-electron chi connectivity index (χ2n) is 5.67. The van der Waals surface area contributed by atoms with Crippen LogP contribution in [0.1, 0.15) is 10.4 Å². The number of hydrogen-bond acceptors (Lipinski definition) is 5. The summed E-state index contributed by atoms with van der Waals surface area (Å²) in [5.41, 5.74) is 0.788. The first-order valence-corrected chi connectivity index (χ1v) is 9.33. The van der Waals surface area contributed by atoms with Gasteiger partial charge in [0.25, 0.3) is 15.9 Å². The van der Waals surface area contributed by atoms with E-state index in [4.69, 9.17) is 4.84 Å². The lowest BCUT2D eigenvalue weighted by molar-refractivity contribution is -0.0258. The van der Waals surface area contributed by atoms with Crippen molar-refractivity contribution < 1.29 is 18.0 Å². The molecule has 0 saturated carbocycles. The number of nitrogens with zero attached hydrogens (tertiary/aromatic N) is 1. The van der Waals surface area contributed by atoms with Gasteiger partial charge in [0.15, 0.2) is 0 Å². The first-order valence-electron chi connectivity index (χ1n) is 7.89. The van der Waals surface area contributed by atoms with Gasteiger partial charge in [-0.3, -0.25) is 14.4 Å². The molecule has 1 aromatic heterocycles. The Hall–Kier alpha value is -3.01. The molecule has 8 nitrogen and oxygen atoms in total. The minimum atomic E-state index is -3.77. The van der Waals surface area contributed by atoms with Crippen molar-refractivity contribution in [3.05, 3.63) is 70.5 Å². The van der Waals surface area contributed by atoms with E-state index in [9.17, 15) is 18.0 Å². The van der Waals surface area contributed by atoms with Crippen LogP contribution in [0.25, 0.3) is 10.9 Å². The van der Waals surface area contributed by atoms with Crippen molar-refractivity contribution in [3.8, 4) is 0 Å². The number of amides is 1. The zero-order chi connectivity index (χ0) is 19.6. The smallest absolute Gasteiger partial charge is 0.264 e. The largest absolute Gasteiger partial charge is 0.322 e. The Kier molecular flexibility index (Phi) is 5.08. The maximum absolute atomic E-state index is 12.6. The van der Waals surface area contributed by atoms with Crippen molar-refractivity contribution in [3.63, 3.8) is 0 Å². The van der Waals surface area contributed by atoms with Gasteiger partial charge in [0, 0.05) is 29.7 Å². The Morgan fingerprint density at radius 2 is 1.78 bits per heavy atom. The predicted octanol–water partition coefficient (Wildman–Crippen LogP) is 1.96. The van der Waals surface area contributed by atoms with Crippen molar-refractivity contribution in [1.82, 2.24) is 9.45 Å². The number of aromatic nitrogens is 1. The number of benzene rings is 2.